The van der Waals surface area contributed by atoms with Crippen LogP contribution >= 0.6 is 0 Å². The van der Waals surface area contributed by atoms with Crippen molar-refractivity contribution in [3.8, 4) is 0 Å². The maximum absolute atomic E-state index is 9.59. The molecule has 1 radical (unpaired) electrons. The highest BCUT2D eigenvalue weighted by molar-refractivity contribution is 5.38. The maximum Gasteiger partial charge on any atom is 0.417 e. The Kier molecular flexibility index (Phi) is 5.27. The van der Waals surface area contributed by atoms with Crippen molar-refractivity contribution in [2.45, 2.75) is 26.7 Å². The van der Waals surface area contributed by atoms with E-state index in [-0.39, 0.29) is 0 Å². The van der Waals surface area contributed by atoms with Crippen LogP contribution in [-0.2, 0) is 9.53 Å². The molecule has 0 aromatic rings. The molecule has 0 aliphatic carbocycles. The summed E-state index contributed by atoms with van der Waals surface area (Å²) in [5.74, 6) is 0.520. The molecule has 0 saturated heterocycles. The van der Waals surface area contributed by atoms with E-state index in [0.717, 1.165) is 12.8 Å². The molecular formula is C7H13O2. The van der Waals surface area contributed by atoms with Crippen LogP contribution in [0.4, 0.5) is 0 Å². The van der Waals surface area contributed by atoms with Crippen molar-refractivity contribution in [1.29, 1.82) is 0 Å². The zero-order chi connectivity index (χ0) is 7.11. The molecule has 0 aromatic heterocycles. The maximum atomic E-state index is 9.59. The SMILES string of the molecule is CCC(CC)CO[C]=O. The average molecular weight is 129 g/mol. The van der Waals surface area contributed by atoms with Crippen molar-refractivity contribution in [2.75, 3.05) is 6.61 Å². The van der Waals surface area contributed by atoms with Gasteiger partial charge < -0.3 is 4.74 Å². The van der Waals surface area contributed by atoms with E-state index in [0.29, 0.717) is 12.5 Å². The predicted octanol–water partition coefficient (Wildman–Crippen LogP) is 1.51. The summed E-state index contributed by atoms with van der Waals surface area (Å²) in [7, 11) is 0. The fourth-order valence-electron chi connectivity index (χ4n) is 0.676. The first kappa shape index (κ1) is 8.47. The topological polar surface area (TPSA) is 26.3 Å². The first-order valence-corrected chi connectivity index (χ1v) is 3.34. The van der Waals surface area contributed by atoms with Gasteiger partial charge in [-0.05, 0) is 5.92 Å². The van der Waals surface area contributed by atoms with Gasteiger partial charge in [0, 0.05) is 0 Å². The molecule has 2 nitrogen and oxygen atoms in total. The second kappa shape index (κ2) is 5.60. The standard InChI is InChI=1S/C7H13O2/c1-3-7(4-2)5-9-6-8/h7H,3-5H2,1-2H3. The van der Waals surface area contributed by atoms with Crippen molar-refractivity contribution in [3.63, 3.8) is 0 Å². The fraction of sp³-hybridized carbons (Fsp3) is 0.857. The van der Waals surface area contributed by atoms with E-state index in [2.05, 4.69) is 18.6 Å². The van der Waals surface area contributed by atoms with E-state index in [9.17, 15) is 4.79 Å². The number of carbonyl (C=O) groups excluding carboxylic acids is 1. The van der Waals surface area contributed by atoms with Crippen molar-refractivity contribution >= 4 is 6.47 Å². The Labute approximate surface area is 56.2 Å². The zero-order valence-electron chi connectivity index (χ0n) is 6.02. The highest BCUT2D eigenvalue weighted by atomic mass is 16.5. The first-order chi connectivity index (χ1) is 4.35. The van der Waals surface area contributed by atoms with Gasteiger partial charge >= 0.3 is 6.47 Å². The van der Waals surface area contributed by atoms with E-state index in [4.69, 9.17) is 0 Å². The van der Waals surface area contributed by atoms with Gasteiger partial charge in [0.1, 0.15) is 0 Å². The molecular weight excluding hydrogens is 116 g/mol. The highest BCUT2D eigenvalue weighted by Gasteiger charge is 2.01. The van der Waals surface area contributed by atoms with E-state index < -0.39 is 0 Å². The molecule has 0 rings (SSSR count). The minimum absolute atomic E-state index is 0.520. The molecule has 0 unspecified atom stereocenters. The Morgan fingerprint density at radius 3 is 2.33 bits per heavy atom. The molecule has 0 heterocycles. The van der Waals surface area contributed by atoms with Crippen LogP contribution in [0.25, 0.3) is 0 Å². The normalized spacial score (nSPS) is 9.67. The number of rotatable bonds is 5. The summed E-state index contributed by atoms with van der Waals surface area (Å²) in [4.78, 5) is 9.59. The van der Waals surface area contributed by atoms with Crippen LogP contribution in [0.3, 0.4) is 0 Å². The quantitative estimate of drug-likeness (QED) is 0.562. The summed E-state index contributed by atoms with van der Waals surface area (Å²) in [5, 5.41) is 0. The summed E-state index contributed by atoms with van der Waals surface area (Å²) in [5.41, 5.74) is 0. The lowest BCUT2D eigenvalue weighted by Crippen LogP contribution is -2.05. The number of ether oxygens (including phenoxy) is 1. The lowest BCUT2D eigenvalue weighted by molar-refractivity contribution is 0.215. The van der Waals surface area contributed by atoms with Crippen LogP contribution in [0.1, 0.15) is 26.7 Å². The summed E-state index contributed by atoms with van der Waals surface area (Å²) in [6.07, 6.45) is 2.14. The van der Waals surface area contributed by atoms with Crippen LogP contribution < -0.4 is 0 Å². The molecule has 0 spiro atoms. The molecule has 53 valence electrons. The second-order valence-corrected chi connectivity index (χ2v) is 2.08. The Hall–Kier alpha value is -0.530. The van der Waals surface area contributed by atoms with Gasteiger partial charge in [-0.15, -0.1) is 0 Å². The van der Waals surface area contributed by atoms with Gasteiger partial charge in [-0.2, -0.15) is 0 Å². The van der Waals surface area contributed by atoms with Gasteiger partial charge in [0.15, 0.2) is 0 Å². The Balaban J connectivity index is 3.19. The first-order valence-electron chi connectivity index (χ1n) is 3.34. The van der Waals surface area contributed by atoms with Crippen LogP contribution in [0.2, 0.25) is 0 Å². The lowest BCUT2D eigenvalue weighted by Gasteiger charge is -2.08. The van der Waals surface area contributed by atoms with E-state index in [1.54, 1.807) is 0 Å². The van der Waals surface area contributed by atoms with Gasteiger partial charge in [-0.3, -0.25) is 0 Å². The lowest BCUT2D eigenvalue weighted by atomic mass is 10.1. The Morgan fingerprint density at radius 2 is 2.00 bits per heavy atom. The number of hydrogen-bond donors (Lipinski definition) is 0. The molecule has 0 fully saturated rings. The van der Waals surface area contributed by atoms with Gasteiger partial charge in [-0.1, -0.05) is 26.7 Å². The third kappa shape index (κ3) is 4.01. The minimum Gasteiger partial charge on any atom is -0.457 e. The smallest absolute Gasteiger partial charge is 0.417 e. The molecule has 0 amide bonds. The molecule has 0 aromatic carbocycles. The van der Waals surface area contributed by atoms with Crippen molar-refractivity contribution in [3.05, 3.63) is 0 Å². The molecule has 0 aliphatic rings. The second-order valence-electron chi connectivity index (χ2n) is 2.08. The summed E-state index contributed by atoms with van der Waals surface area (Å²) >= 11 is 0. The van der Waals surface area contributed by atoms with Crippen molar-refractivity contribution < 1.29 is 9.53 Å². The van der Waals surface area contributed by atoms with E-state index in [1.807, 2.05) is 0 Å². The van der Waals surface area contributed by atoms with Gasteiger partial charge in [0.2, 0.25) is 0 Å². The fourth-order valence-corrected chi connectivity index (χ4v) is 0.676. The molecule has 0 atom stereocenters. The molecule has 0 saturated carbocycles. The largest absolute Gasteiger partial charge is 0.457 e. The summed E-state index contributed by atoms with van der Waals surface area (Å²) in [6.45, 7) is 6.11. The monoisotopic (exact) mass is 129 g/mol. The zero-order valence-corrected chi connectivity index (χ0v) is 6.02. The van der Waals surface area contributed by atoms with E-state index >= 15 is 0 Å². The molecule has 9 heavy (non-hydrogen) atoms. The van der Waals surface area contributed by atoms with Crippen LogP contribution in [0.15, 0.2) is 0 Å². The molecule has 0 aliphatic heterocycles. The van der Waals surface area contributed by atoms with E-state index in [1.165, 1.54) is 6.47 Å². The van der Waals surface area contributed by atoms with Crippen LogP contribution in [-0.4, -0.2) is 13.1 Å². The third-order valence-corrected chi connectivity index (χ3v) is 1.53. The molecule has 0 N–H and O–H groups in total. The van der Waals surface area contributed by atoms with Gasteiger partial charge in [0.05, 0.1) is 6.61 Å². The Bertz CT molecular complexity index is 67.3. The number of hydrogen-bond acceptors (Lipinski definition) is 2. The van der Waals surface area contributed by atoms with Crippen LogP contribution in [0.5, 0.6) is 0 Å². The average Bonchev–Trinajstić information content (AvgIpc) is 1.91. The molecule has 2 heteroatoms. The van der Waals surface area contributed by atoms with Crippen molar-refractivity contribution in [2.24, 2.45) is 5.92 Å². The Morgan fingerprint density at radius 1 is 1.44 bits per heavy atom. The molecule has 0 bridgehead atoms. The minimum atomic E-state index is 0.520. The van der Waals surface area contributed by atoms with Crippen molar-refractivity contribution in [1.82, 2.24) is 0 Å². The van der Waals surface area contributed by atoms with Crippen LogP contribution in [0, 0.1) is 5.92 Å². The van der Waals surface area contributed by atoms with Gasteiger partial charge in [-0.25, -0.2) is 4.79 Å². The van der Waals surface area contributed by atoms with Gasteiger partial charge in [0.25, 0.3) is 0 Å². The predicted molar refractivity (Wildman–Crippen MR) is 35.7 cm³/mol. The summed E-state index contributed by atoms with van der Waals surface area (Å²) < 4.78 is 4.47. The highest BCUT2D eigenvalue weighted by Crippen LogP contribution is 2.06. The third-order valence-electron chi connectivity index (χ3n) is 1.53. The summed E-state index contributed by atoms with van der Waals surface area (Å²) in [6, 6.07) is 0.